The number of nitrogens with one attached hydrogen (secondary N) is 1. The van der Waals surface area contributed by atoms with Crippen LogP contribution in [0.3, 0.4) is 0 Å². The molecular weight excluding hydrogens is 288 g/mol. The lowest BCUT2D eigenvalue weighted by Gasteiger charge is -2.32. The molecule has 1 aliphatic rings. The number of aromatic carboxylic acids is 1. The number of piperidine rings is 1. The average Bonchev–Trinajstić information content (AvgIpc) is 2.67. The second kappa shape index (κ2) is 6.58. The number of carboxylic acid groups (broad SMARTS) is 1. The molecule has 1 atom stereocenters. The van der Waals surface area contributed by atoms with E-state index >= 15 is 0 Å². The minimum Gasteiger partial charge on any atom is -0.478 e. The normalized spacial score (nSPS) is 19.5. The van der Waals surface area contributed by atoms with Crippen LogP contribution in [0.5, 0.6) is 0 Å². The summed E-state index contributed by atoms with van der Waals surface area (Å²) >= 11 is 1.33. The first-order valence-electron chi connectivity index (χ1n) is 7.27. The Morgan fingerprint density at radius 3 is 2.71 bits per heavy atom. The maximum Gasteiger partial charge on any atom is 0.338 e. The number of amides is 1. The molecule has 0 aromatic carbocycles. The zero-order chi connectivity index (χ0) is 15.6. The number of carbonyl (C=O) groups excluding carboxylic acids is 1. The van der Waals surface area contributed by atoms with Crippen molar-refractivity contribution in [2.24, 2.45) is 0 Å². The van der Waals surface area contributed by atoms with Gasteiger partial charge in [0.15, 0.2) is 0 Å². The largest absolute Gasteiger partial charge is 0.478 e. The smallest absolute Gasteiger partial charge is 0.338 e. The zero-order valence-corrected chi connectivity index (χ0v) is 13.5. The topological polar surface area (TPSA) is 69.6 Å². The van der Waals surface area contributed by atoms with Crippen LogP contribution in [-0.4, -0.2) is 41.0 Å². The number of thiophene rings is 1. The summed E-state index contributed by atoms with van der Waals surface area (Å²) < 4.78 is 0. The maximum absolute atomic E-state index is 12.2. The second-order valence-electron chi connectivity index (χ2n) is 5.66. The Kier molecular flexibility index (Phi) is 5.00. The Hall–Kier alpha value is -1.40. The van der Waals surface area contributed by atoms with Gasteiger partial charge < -0.3 is 10.4 Å². The molecule has 2 heterocycles. The SMILES string of the molecule is Cc1sc(NC(=O)CN2CCCCC2C)c(C(=O)O)c1C. The summed E-state index contributed by atoms with van der Waals surface area (Å²) in [7, 11) is 0. The molecule has 5 nitrogen and oxygen atoms in total. The van der Waals surface area contributed by atoms with Crippen LogP contribution >= 0.6 is 11.3 Å². The molecule has 0 saturated carbocycles. The van der Waals surface area contributed by atoms with Crippen LogP contribution < -0.4 is 5.32 Å². The molecule has 1 aromatic rings. The number of likely N-dealkylation sites (tertiary alicyclic amines) is 1. The van der Waals surface area contributed by atoms with E-state index < -0.39 is 5.97 Å². The zero-order valence-electron chi connectivity index (χ0n) is 12.7. The summed E-state index contributed by atoms with van der Waals surface area (Å²) in [5.74, 6) is -1.12. The lowest BCUT2D eigenvalue weighted by atomic mass is 10.0. The van der Waals surface area contributed by atoms with Gasteiger partial charge in [-0.25, -0.2) is 4.79 Å². The van der Waals surface area contributed by atoms with Crippen molar-refractivity contribution in [3.05, 3.63) is 16.0 Å². The second-order valence-corrected chi connectivity index (χ2v) is 6.88. The quantitative estimate of drug-likeness (QED) is 0.897. The van der Waals surface area contributed by atoms with Gasteiger partial charge in [-0.2, -0.15) is 0 Å². The number of anilines is 1. The minimum absolute atomic E-state index is 0.132. The number of carboxylic acids is 1. The average molecular weight is 310 g/mol. The summed E-state index contributed by atoms with van der Waals surface area (Å²) in [5, 5.41) is 12.5. The molecule has 6 heteroatoms. The van der Waals surface area contributed by atoms with Crippen molar-refractivity contribution in [1.82, 2.24) is 4.90 Å². The van der Waals surface area contributed by atoms with Crippen molar-refractivity contribution in [3.8, 4) is 0 Å². The van der Waals surface area contributed by atoms with Gasteiger partial charge in [0.05, 0.1) is 12.1 Å². The van der Waals surface area contributed by atoms with Crippen molar-refractivity contribution in [3.63, 3.8) is 0 Å². The van der Waals surface area contributed by atoms with E-state index in [4.69, 9.17) is 0 Å². The highest BCUT2D eigenvalue weighted by atomic mass is 32.1. The third-order valence-corrected chi connectivity index (χ3v) is 5.26. The van der Waals surface area contributed by atoms with Gasteiger partial charge >= 0.3 is 5.97 Å². The third-order valence-electron chi connectivity index (χ3n) is 4.14. The lowest BCUT2D eigenvalue weighted by Crippen LogP contribution is -2.42. The number of aryl methyl sites for hydroxylation is 1. The molecular formula is C15H22N2O3S. The first-order valence-corrected chi connectivity index (χ1v) is 8.09. The summed E-state index contributed by atoms with van der Waals surface area (Å²) in [6.07, 6.45) is 3.45. The van der Waals surface area contributed by atoms with Gasteiger partial charge in [-0.3, -0.25) is 9.69 Å². The molecule has 1 amide bonds. The van der Waals surface area contributed by atoms with E-state index in [1.54, 1.807) is 6.92 Å². The Balaban J connectivity index is 2.06. The monoisotopic (exact) mass is 310 g/mol. The van der Waals surface area contributed by atoms with Crippen molar-refractivity contribution < 1.29 is 14.7 Å². The number of hydrogen-bond donors (Lipinski definition) is 2. The fourth-order valence-electron chi connectivity index (χ4n) is 2.72. The lowest BCUT2D eigenvalue weighted by molar-refractivity contribution is -0.118. The molecule has 0 aliphatic carbocycles. The van der Waals surface area contributed by atoms with Crippen molar-refractivity contribution >= 4 is 28.2 Å². The summed E-state index contributed by atoms with van der Waals surface area (Å²) in [6.45, 7) is 7.04. The summed E-state index contributed by atoms with van der Waals surface area (Å²) in [5.41, 5.74) is 0.951. The van der Waals surface area contributed by atoms with Crippen LogP contribution in [0.25, 0.3) is 0 Å². The van der Waals surface area contributed by atoms with E-state index in [0.29, 0.717) is 17.6 Å². The van der Waals surface area contributed by atoms with Crippen molar-refractivity contribution in [2.75, 3.05) is 18.4 Å². The fourth-order valence-corrected chi connectivity index (χ4v) is 3.78. The maximum atomic E-state index is 12.2. The molecule has 0 radical (unpaired) electrons. The van der Waals surface area contributed by atoms with E-state index in [9.17, 15) is 14.7 Å². The molecule has 0 spiro atoms. The standard InChI is InChI=1S/C15H22N2O3S/c1-9-6-4-5-7-17(9)8-12(18)16-14-13(15(19)20)10(2)11(3)21-14/h9H,4-8H2,1-3H3,(H,16,18)(H,19,20). The molecule has 0 bridgehead atoms. The van der Waals surface area contributed by atoms with Crippen LogP contribution in [0, 0.1) is 13.8 Å². The number of rotatable bonds is 4. The molecule has 2 N–H and O–H groups in total. The molecule has 1 fully saturated rings. The van der Waals surface area contributed by atoms with Gasteiger partial charge in [0.2, 0.25) is 5.91 Å². The fraction of sp³-hybridized carbons (Fsp3) is 0.600. The molecule has 1 aromatic heterocycles. The Morgan fingerprint density at radius 1 is 1.38 bits per heavy atom. The van der Waals surface area contributed by atoms with Gasteiger partial charge in [0.1, 0.15) is 5.00 Å². The highest BCUT2D eigenvalue weighted by Gasteiger charge is 2.23. The molecule has 2 rings (SSSR count). The van der Waals surface area contributed by atoms with E-state index in [1.165, 1.54) is 17.8 Å². The minimum atomic E-state index is -0.988. The van der Waals surface area contributed by atoms with E-state index in [-0.39, 0.29) is 11.5 Å². The van der Waals surface area contributed by atoms with E-state index in [0.717, 1.165) is 29.8 Å². The third kappa shape index (κ3) is 3.63. The van der Waals surface area contributed by atoms with Crippen LogP contribution in [-0.2, 0) is 4.79 Å². The molecule has 1 unspecified atom stereocenters. The van der Waals surface area contributed by atoms with Crippen LogP contribution in [0.4, 0.5) is 5.00 Å². The van der Waals surface area contributed by atoms with Crippen molar-refractivity contribution in [2.45, 2.75) is 46.1 Å². The Morgan fingerprint density at radius 2 is 2.10 bits per heavy atom. The Labute approximate surface area is 129 Å². The number of nitrogens with zero attached hydrogens (tertiary/aromatic N) is 1. The van der Waals surface area contributed by atoms with Gasteiger partial charge in [-0.1, -0.05) is 6.42 Å². The molecule has 116 valence electrons. The highest BCUT2D eigenvalue weighted by Crippen LogP contribution is 2.32. The Bertz CT molecular complexity index is 553. The van der Waals surface area contributed by atoms with Crippen LogP contribution in [0.1, 0.15) is 47.0 Å². The molecule has 21 heavy (non-hydrogen) atoms. The van der Waals surface area contributed by atoms with Crippen molar-refractivity contribution in [1.29, 1.82) is 0 Å². The van der Waals surface area contributed by atoms with Crippen LogP contribution in [0.15, 0.2) is 0 Å². The summed E-state index contributed by atoms with van der Waals surface area (Å²) in [6, 6.07) is 0.412. The highest BCUT2D eigenvalue weighted by molar-refractivity contribution is 7.16. The predicted molar refractivity (Wildman–Crippen MR) is 84.3 cm³/mol. The number of hydrogen-bond acceptors (Lipinski definition) is 4. The van der Waals surface area contributed by atoms with Gasteiger partial charge in [-0.15, -0.1) is 11.3 Å². The van der Waals surface area contributed by atoms with Crippen LogP contribution in [0.2, 0.25) is 0 Å². The predicted octanol–water partition coefficient (Wildman–Crippen LogP) is 2.88. The van der Waals surface area contributed by atoms with Gasteiger partial charge in [0, 0.05) is 10.9 Å². The first-order chi connectivity index (χ1) is 9.90. The molecule has 1 saturated heterocycles. The van der Waals surface area contributed by atoms with Gasteiger partial charge in [-0.05, 0) is 45.7 Å². The first kappa shape index (κ1) is 16.0. The molecule has 1 aliphatic heterocycles. The van der Waals surface area contributed by atoms with E-state index in [2.05, 4.69) is 17.1 Å². The van der Waals surface area contributed by atoms with Gasteiger partial charge in [0.25, 0.3) is 0 Å². The van der Waals surface area contributed by atoms with E-state index in [1.807, 2.05) is 6.92 Å². The number of carbonyl (C=O) groups is 2. The summed E-state index contributed by atoms with van der Waals surface area (Å²) in [4.78, 5) is 26.6.